The molecule has 2 heterocycles. The fourth-order valence-electron chi connectivity index (χ4n) is 4.18. The third kappa shape index (κ3) is 6.09. The molecule has 0 bridgehead atoms. The quantitative estimate of drug-likeness (QED) is 0.543. The van der Waals surface area contributed by atoms with E-state index < -0.39 is 11.6 Å². The summed E-state index contributed by atoms with van der Waals surface area (Å²) in [5, 5.41) is 0. The van der Waals surface area contributed by atoms with E-state index in [2.05, 4.69) is 9.88 Å². The van der Waals surface area contributed by atoms with Crippen LogP contribution in [0.2, 0.25) is 0 Å². The summed E-state index contributed by atoms with van der Waals surface area (Å²) in [6.07, 6.45) is 1.62. The van der Waals surface area contributed by atoms with Crippen molar-refractivity contribution in [2.24, 2.45) is 5.92 Å². The number of H-pyrrole nitrogens is 1. The maximum Gasteiger partial charge on any atom is 0.410 e. The van der Waals surface area contributed by atoms with Crippen LogP contribution in [0.3, 0.4) is 0 Å². The van der Waals surface area contributed by atoms with Crippen LogP contribution in [0.5, 0.6) is 0 Å². The number of Topliss-reactive ketones (excluding diaryl/α,β-unsaturated/α-hetero) is 1. The highest BCUT2D eigenvalue weighted by Crippen LogP contribution is 2.24. The zero-order valence-corrected chi connectivity index (χ0v) is 20.1. The topological polar surface area (TPSA) is 91.9 Å². The summed E-state index contributed by atoms with van der Waals surface area (Å²) in [4.78, 5) is 44.4. The van der Waals surface area contributed by atoms with Crippen molar-refractivity contribution in [1.29, 1.82) is 0 Å². The molecule has 2 atom stereocenters. The molecule has 2 rings (SSSR count). The maximum absolute atomic E-state index is 13.2. The summed E-state index contributed by atoms with van der Waals surface area (Å²) < 4.78 is 10.3. The molecule has 1 aromatic rings. The SMILES string of the molecule is COC(=O)c1c(C)[nH]c(C(=O)C(C)N2CCCC(CN(C)C(=O)OC(C)(C)C)C2)c1C. The first-order chi connectivity index (χ1) is 14.4. The number of aromatic nitrogens is 1. The van der Waals surface area contributed by atoms with Crippen LogP contribution in [-0.4, -0.2) is 78.1 Å². The highest BCUT2D eigenvalue weighted by Gasteiger charge is 2.32. The van der Waals surface area contributed by atoms with Crippen molar-refractivity contribution in [2.75, 3.05) is 33.8 Å². The number of methoxy groups -OCH3 is 1. The molecular weight excluding hydrogens is 398 g/mol. The number of nitrogens with zero attached hydrogens (tertiary/aromatic N) is 2. The van der Waals surface area contributed by atoms with E-state index in [4.69, 9.17) is 9.47 Å². The molecule has 31 heavy (non-hydrogen) atoms. The smallest absolute Gasteiger partial charge is 0.410 e. The fourth-order valence-corrected chi connectivity index (χ4v) is 4.18. The lowest BCUT2D eigenvalue weighted by Gasteiger charge is -2.37. The number of hydrogen-bond donors (Lipinski definition) is 1. The second-order valence-electron chi connectivity index (χ2n) is 9.52. The van der Waals surface area contributed by atoms with Gasteiger partial charge < -0.3 is 19.4 Å². The van der Waals surface area contributed by atoms with Crippen molar-refractivity contribution in [3.8, 4) is 0 Å². The van der Waals surface area contributed by atoms with Crippen LogP contribution in [-0.2, 0) is 9.47 Å². The Morgan fingerprint density at radius 3 is 2.48 bits per heavy atom. The van der Waals surface area contributed by atoms with Gasteiger partial charge >= 0.3 is 12.1 Å². The first kappa shape index (κ1) is 24.9. The lowest BCUT2D eigenvalue weighted by molar-refractivity contribution is 0.0230. The van der Waals surface area contributed by atoms with Crippen molar-refractivity contribution in [2.45, 2.75) is 66.0 Å². The molecule has 0 saturated carbocycles. The van der Waals surface area contributed by atoms with E-state index in [1.165, 1.54) is 7.11 Å². The summed E-state index contributed by atoms with van der Waals surface area (Å²) in [7, 11) is 3.08. The summed E-state index contributed by atoms with van der Waals surface area (Å²) in [5.74, 6) is -0.225. The molecule has 1 aromatic heterocycles. The molecule has 0 radical (unpaired) electrons. The second kappa shape index (κ2) is 9.85. The van der Waals surface area contributed by atoms with E-state index in [1.54, 1.807) is 25.8 Å². The van der Waals surface area contributed by atoms with Gasteiger partial charge in [0.25, 0.3) is 0 Å². The van der Waals surface area contributed by atoms with E-state index in [0.717, 1.165) is 25.9 Å². The predicted molar refractivity (Wildman–Crippen MR) is 119 cm³/mol. The molecule has 2 unspecified atom stereocenters. The number of aromatic amines is 1. The minimum absolute atomic E-state index is 0.0445. The van der Waals surface area contributed by atoms with Crippen molar-refractivity contribution < 1.29 is 23.9 Å². The Morgan fingerprint density at radius 2 is 1.90 bits per heavy atom. The molecule has 0 aliphatic carbocycles. The van der Waals surface area contributed by atoms with Gasteiger partial charge in [0, 0.05) is 25.8 Å². The Hall–Kier alpha value is -2.35. The lowest BCUT2D eigenvalue weighted by Crippen LogP contribution is -2.48. The molecule has 1 fully saturated rings. The van der Waals surface area contributed by atoms with Crippen molar-refractivity contribution in [3.05, 3.63) is 22.5 Å². The van der Waals surface area contributed by atoms with Gasteiger partial charge in [0.1, 0.15) is 5.60 Å². The van der Waals surface area contributed by atoms with Gasteiger partial charge in [-0.25, -0.2) is 9.59 Å². The standard InChI is InChI=1S/C23H37N3O5/c1-14-18(21(28)30-8)15(2)24-19(14)20(27)16(3)26-11-9-10-17(13-26)12-25(7)22(29)31-23(4,5)6/h16-17,24H,9-13H2,1-8H3. The number of nitrogens with one attached hydrogen (secondary N) is 1. The van der Waals surface area contributed by atoms with E-state index in [0.29, 0.717) is 29.1 Å². The number of carbonyl (C=O) groups excluding carboxylic acids is 3. The van der Waals surface area contributed by atoms with Gasteiger partial charge in [0.05, 0.1) is 24.4 Å². The normalized spacial score (nSPS) is 18.4. The molecule has 174 valence electrons. The zero-order chi connectivity index (χ0) is 23.5. The van der Waals surface area contributed by atoms with Crippen LogP contribution in [0.4, 0.5) is 4.79 Å². The van der Waals surface area contributed by atoms with Crippen LogP contribution in [0, 0.1) is 19.8 Å². The molecule has 0 aromatic carbocycles. The number of aryl methyl sites for hydroxylation is 1. The number of ketones is 1. The van der Waals surface area contributed by atoms with Gasteiger partial charge in [-0.3, -0.25) is 9.69 Å². The van der Waals surface area contributed by atoms with Gasteiger partial charge in [0.2, 0.25) is 0 Å². The minimum atomic E-state index is -0.528. The van der Waals surface area contributed by atoms with E-state index in [1.807, 2.05) is 27.7 Å². The Bertz CT molecular complexity index is 824. The monoisotopic (exact) mass is 435 g/mol. The molecule has 1 aliphatic rings. The van der Waals surface area contributed by atoms with Crippen molar-refractivity contribution in [1.82, 2.24) is 14.8 Å². The van der Waals surface area contributed by atoms with Crippen LogP contribution in [0.15, 0.2) is 0 Å². The summed E-state index contributed by atoms with van der Waals surface area (Å²) in [5.41, 5.74) is 1.61. The number of hydrogen-bond acceptors (Lipinski definition) is 6. The fraction of sp³-hybridized carbons (Fsp3) is 0.696. The van der Waals surface area contributed by atoms with Gasteiger partial charge in [-0.15, -0.1) is 0 Å². The number of carbonyl (C=O) groups is 3. The highest BCUT2D eigenvalue weighted by molar-refractivity contribution is 6.03. The number of amides is 1. The van der Waals surface area contributed by atoms with Gasteiger partial charge in [-0.2, -0.15) is 0 Å². The van der Waals surface area contributed by atoms with Gasteiger partial charge in [-0.05, 0) is 72.4 Å². The van der Waals surface area contributed by atoms with Gasteiger partial charge in [-0.1, -0.05) is 0 Å². The number of rotatable bonds is 6. The second-order valence-corrected chi connectivity index (χ2v) is 9.52. The van der Waals surface area contributed by atoms with E-state index in [-0.39, 0.29) is 23.8 Å². The lowest BCUT2D eigenvalue weighted by atomic mass is 9.95. The zero-order valence-electron chi connectivity index (χ0n) is 20.1. The van der Waals surface area contributed by atoms with Crippen molar-refractivity contribution in [3.63, 3.8) is 0 Å². The molecule has 1 N–H and O–H groups in total. The van der Waals surface area contributed by atoms with Crippen LogP contribution in [0.1, 0.15) is 72.6 Å². The van der Waals surface area contributed by atoms with E-state index in [9.17, 15) is 14.4 Å². The molecule has 1 amide bonds. The Morgan fingerprint density at radius 1 is 1.26 bits per heavy atom. The number of likely N-dealkylation sites (tertiary alicyclic amines) is 1. The largest absolute Gasteiger partial charge is 0.465 e. The Labute approximate surface area is 185 Å². The first-order valence-corrected chi connectivity index (χ1v) is 10.9. The maximum atomic E-state index is 13.2. The minimum Gasteiger partial charge on any atom is -0.465 e. The average Bonchev–Trinajstić information content (AvgIpc) is 2.99. The number of esters is 1. The van der Waals surface area contributed by atoms with Crippen LogP contribution < -0.4 is 0 Å². The molecule has 8 nitrogen and oxygen atoms in total. The number of piperidine rings is 1. The molecular formula is C23H37N3O5. The van der Waals surface area contributed by atoms with Gasteiger partial charge in [0.15, 0.2) is 5.78 Å². The third-order valence-corrected chi connectivity index (χ3v) is 5.79. The summed E-state index contributed by atoms with van der Waals surface area (Å²) in [6, 6.07) is -0.336. The van der Waals surface area contributed by atoms with Crippen molar-refractivity contribution >= 4 is 17.8 Å². The highest BCUT2D eigenvalue weighted by atomic mass is 16.6. The first-order valence-electron chi connectivity index (χ1n) is 10.9. The number of ether oxygens (including phenoxy) is 2. The molecule has 0 spiro atoms. The summed E-state index contributed by atoms with van der Waals surface area (Å²) in [6.45, 7) is 13.1. The van der Waals surface area contributed by atoms with Crippen LogP contribution >= 0.6 is 0 Å². The van der Waals surface area contributed by atoms with Crippen LogP contribution in [0.25, 0.3) is 0 Å². The van der Waals surface area contributed by atoms with E-state index >= 15 is 0 Å². The molecule has 1 aliphatic heterocycles. The molecule has 8 heteroatoms. The third-order valence-electron chi connectivity index (χ3n) is 5.79. The average molecular weight is 436 g/mol. The predicted octanol–water partition coefficient (Wildman–Crippen LogP) is 3.57. The Balaban J connectivity index is 2.06. The molecule has 1 saturated heterocycles. The Kier molecular flexibility index (Phi) is 7.92. The summed E-state index contributed by atoms with van der Waals surface area (Å²) >= 11 is 0.